The number of urea groups is 1. The molecule has 1 saturated heterocycles. The van der Waals surface area contributed by atoms with E-state index in [2.05, 4.69) is 10.2 Å². The van der Waals surface area contributed by atoms with Crippen LogP contribution in [0.5, 0.6) is 0 Å². The lowest BCUT2D eigenvalue weighted by Gasteiger charge is -2.22. The van der Waals surface area contributed by atoms with Crippen LogP contribution in [0.1, 0.15) is 12.0 Å². The van der Waals surface area contributed by atoms with E-state index in [1.54, 1.807) is 0 Å². The van der Waals surface area contributed by atoms with Crippen molar-refractivity contribution in [2.24, 2.45) is 5.73 Å². The van der Waals surface area contributed by atoms with Gasteiger partial charge in [-0.05, 0) is 30.7 Å². The minimum atomic E-state index is -0.0682. The van der Waals surface area contributed by atoms with Crippen molar-refractivity contribution < 1.29 is 9.90 Å². The van der Waals surface area contributed by atoms with E-state index in [4.69, 9.17) is 10.8 Å². The summed E-state index contributed by atoms with van der Waals surface area (Å²) in [4.78, 5) is 16.3. The standard InChI is InChI=1S/C15H24N4O2/c16-12-13-2-4-14(5-3-13)17-15(21)19-7-1-6-18(8-9-19)10-11-20/h2-5,20H,1,6-12,16H2,(H,17,21). The summed E-state index contributed by atoms with van der Waals surface area (Å²) in [5.74, 6) is 0. The average Bonchev–Trinajstić information content (AvgIpc) is 2.74. The molecule has 1 aromatic rings. The number of aliphatic hydroxyl groups is 1. The second kappa shape index (κ2) is 7.97. The maximum absolute atomic E-state index is 12.3. The quantitative estimate of drug-likeness (QED) is 0.762. The van der Waals surface area contributed by atoms with E-state index in [1.807, 2.05) is 29.2 Å². The number of β-amino-alcohol motifs (C(OH)–C–C–N with tert-alkyl or cyclic N) is 1. The number of rotatable bonds is 4. The van der Waals surface area contributed by atoms with Crippen LogP contribution in [0.25, 0.3) is 0 Å². The zero-order chi connectivity index (χ0) is 15.1. The third-order valence-corrected chi connectivity index (χ3v) is 3.73. The summed E-state index contributed by atoms with van der Waals surface area (Å²) >= 11 is 0. The Labute approximate surface area is 125 Å². The number of aliphatic hydroxyl groups excluding tert-OH is 1. The maximum Gasteiger partial charge on any atom is 0.321 e. The zero-order valence-electron chi connectivity index (χ0n) is 12.3. The van der Waals surface area contributed by atoms with Crippen LogP contribution in [0.4, 0.5) is 10.5 Å². The molecular weight excluding hydrogens is 268 g/mol. The lowest BCUT2D eigenvalue weighted by molar-refractivity contribution is 0.194. The molecule has 0 aliphatic carbocycles. The van der Waals surface area contributed by atoms with E-state index < -0.39 is 0 Å². The zero-order valence-corrected chi connectivity index (χ0v) is 12.3. The van der Waals surface area contributed by atoms with E-state index in [0.717, 1.165) is 37.3 Å². The summed E-state index contributed by atoms with van der Waals surface area (Å²) in [7, 11) is 0. The average molecular weight is 292 g/mol. The highest BCUT2D eigenvalue weighted by Gasteiger charge is 2.18. The lowest BCUT2D eigenvalue weighted by atomic mass is 10.2. The predicted octanol–water partition coefficient (Wildman–Crippen LogP) is 0.677. The molecule has 1 heterocycles. The molecule has 4 N–H and O–H groups in total. The number of nitrogens with one attached hydrogen (secondary N) is 1. The van der Waals surface area contributed by atoms with Gasteiger partial charge in [-0.3, -0.25) is 4.90 Å². The predicted molar refractivity (Wildman–Crippen MR) is 83.1 cm³/mol. The number of nitrogens with two attached hydrogens (primary N) is 1. The Balaban J connectivity index is 1.87. The van der Waals surface area contributed by atoms with Gasteiger partial charge in [0.15, 0.2) is 0 Å². The Morgan fingerprint density at radius 3 is 2.62 bits per heavy atom. The van der Waals surface area contributed by atoms with Crippen LogP contribution in [0.2, 0.25) is 0 Å². The second-order valence-electron chi connectivity index (χ2n) is 5.24. The number of carbonyl (C=O) groups excluding carboxylic acids is 1. The number of hydrogen-bond acceptors (Lipinski definition) is 4. The van der Waals surface area contributed by atoms with Gasteiger partial charge < -0.3 is 21.1 Å². The van der Waals surface area contributed by atoms with Crippen LogP contribution < -0.4 is 11.1 Å². The molecular formula is C15H24N4O2. The molecule has 2 rings (SSSR count). The molecule has 0 spiro atoms. The minimum Gasteiger partial charge on any atom is -0.395 e. The fourth-order valence-corrected chi connectivity index (χ4v) is 2.47. The number of amides is 2. The van der Waals surface area contributed by atoms with Crippen molar-refractivity contribution in [1.82, 2.24) is 9.80 Å². The van der Waals surface area contributed by atoms with Gasteiger partial charge in [-0.1, -0.05) is 12.1 Å². The normalized spacial score (nSPS) is 16.6. The lowest BCUT2D eigenvalue weighted by Crippen LogP contribution is -2.38. The molecule has 0 aromatic heterocycles. The second-order valence-corrected chi connectivity index (χ2v) is 5.24. The van der Waals surface area contributed by atoms with Gasteiger partial charge in [0.05, 0.1) is 6.61 Å². The fraction of sp³-hybridized carbons (Fsp3) is 0.533. The van der Waals surface area contributed by atoms with Gasteiger partial charge in [-0.2, -0.15) is 0 Å². The fourth-order valence-electron chi connectivity index (χ4n) is 2.47. The first-order valence-corrected chi connectivity index (χ1v) is 7.41. The van der Waals surface area contributed by atoms with E-state index >= 15 is 0 Å². The van der Waals surface area contributed by atoms with Crippen LogP contribution in [-0.2, 0) is 6.54 Å². The summed E-state index contributed by atoms with van der Waals surface area (Å²) in [5.41, 5.74) is 7.38. The van der Waals surface area contributed by atoms with Gasteiger partial charge in [0.1, 0.15) is 0 Å². The molecule has 1 aromatic carbocycles. The van der Waals surface area contributed by atoms with Crippen molar-refractivity contribution in [1.29, 1.82) is 0 Å². The van der Waals surface area contributed by atoms with Crippen LogP contribution in [0, 0.1) is 0 Å². The van der Waals surface area contributed by atoms with Crippen LogP contribution in [-0.4, -0.2) is 60.3 Å². The van der Waals surface area contributed by atoms with Crippen molar-refractivity contribution in [3.63, 3.8) is 0 Å². The highest BCUT2D eigenvalue weighted by Crippen LogP contribution is 2.11. The summed E-state index contributed by atoms with van der Waals surface area (Å²) in [6, 6.07) is 7.51. The molecule has 1 aliphatic heterocycles. The molecule has 0 saturated carbocycles. The summed E-state index contributed by atoms with van der Waals surface area (Å²) in [5, 5.41) is 11.9. The topological polar surface area (TPSA) is 81.8 Å². The van der Waals surface area contributed by atoms with Crippen LogP contribution >= 0.6 is 0 Å². The third kappa shape index (κ3) is 4.70. The van der Waals surface area contributed by atoms with Crippen molar-refractivity contribution in [3.8, 4) is 0 Å². The molecule has 0 bridgehead atoms. The van der Waals surface area contributed by atoms with Gasteiger partial charge >= 0.3 is 6.03 Å². The Morgan fingerprint density at radius 1 is 1.19 bits per heavy atom. The van der Waals surface area contributed by atoms with Crippen LogP contribution in [0.15, 0.2) is 24.3 Å². The smallest absolute Gasteiger partial charge is 0.321 e. The monoisotopic (exact) mass is 292 g/mol. The van der Waals surface area contributed by atoms with Crippen molar-refractivity contribution in [3.05, 3.63) is 29.8 Å². The number of nitrogens with zero attached hydrogens (tertiary/aromatic N) is 2. The third-order valence-electron chi connectivity index (χ3n) is 3.73. The first-order valence-electron chi connectivity index (χ1n) is 7.41. The van der Waals surface area contributed by atoms with E-state index in [-0.39, 0.29) is 12.6 Å². The van der Waals surface area contributed by atoms with Gasteiger partial charge in [-0.15, -0.1) is 0 Å². The van der Waals surface area contributed by atoms with Gasteiger partial charge in [0.2, 0.25) is 0 Å². The molecule has 6 heteroatoms. The van der Waals surface area contributed by atoms with E-state index in [9.17, 15) is 4.79 Å². The van der Waals surface area contributed by atoms with E-state index in [0.29, 0.717) is 19.6 Å². The van der Waals surface area contributed by atoms with Crippen molar-refractivity contribution >= 4 is 11.7 Å². The molecule has 0 radical (unpaired) electrons. The highest BCUT2D eigenvalue weighted by atomic mass is 16.3. The van der Waals surface area contributed by atoms with Crippen LogP contribution in [0.3, 0.4) is 0 Å². The first-order chi connectivity index (χ1) is 10.2. The molecule has 0 atom stereocenters. The van der Waals surface area contributed by atoms with Crippen molar-refractivity contribution in [2.45, 2.75) is 13.0 Å². The molecule has 1 aliphatic rings. The largest absolute Gasteiger partial charge is 0.395 e. The Bertz CT molecular complexity index is 449. The Kier molecular flexibility index (Phi) is 5.98. The maximum atomic E-state index is 12.3. The summed E-state index contributed by atoms with van der Waals surface area (Å²) < 4.78 is 0. The highest BCUT2D eigenvalue weighted by molar-refractivity contribution is 5.89. The number of benzene rings is 1. The number of anilines is 1. The molecule has 2 amide bonds. The van der Waals surface area contributed by atoms with E-state index in [1.165, 1.54) is 0 Å². The van der Waals surface area contributed by atoms with Crippen molar-refractivity contribution in [2.75, 3.05) is 44.6 Å². The number of hydrogen-bond donors (Lipinski definition) is 3. The molecule has 6 nitrogen and oxygen atoms in total. The molecule has 21 heavy (non-hydrogen) atoms. The summed E-state index contributed by atoms with van der Waals surface area (Å²) in [6.07, 6.45) is 0.930. The SMILES string of the molecule is NCc1ccc(NC(=O)N2CCCN(CCO)CC2)cc1. The van der Waals surface area contributed by atoms with Gasteiger partial charge in [0.25, 0.3) is 0 Å². The minimum absolute atomic E-state index is 0.0682. The molecule has 116 valence electrons. The van der Waals surface area contributed by atoms with Gasteiger partial charge in [-0.25, -0.2) is 4.79 Å². The number of carbonyl (C=O) groups is 1. The Hall–Kier alpha value is -1.63. The first kappa shape index (κ1) is 15.8. The summed E-state index contributed by atoms with van der Waals surface area (Å²) in [6.45, 7) is 4.51. The van der Waals surface area contributed by atoms with Gasteiger partial charge in [0, 0.05) is 38.4 Å². The molecule has 1 fully saturated rings. The molecule has 0 unspecified atom stereocenters. The Morgan fingerprint density at radius 2 is 1.95 bits per heavy atom.